The van der Waals surface area contributed by atoms with Crippen LogP contribution in [0, 0.1) is 0 Å². The minimum Gasteiger partial charge on any atom is -0.495 e. The number of carbonyl (C=O) groups is 1. The van der Waals surface area contributed by atoms with E-state index in [4.69, 9.17) is 4.74 Å². The van der Waals surface area contributed by atoms with Gasteiger partial charge in [-0.25, -0.2) is 8.42 Å². The first-order valence-electron chi connectivity index (χ1n) is 10.9. The quantitative estimate of drug-likeness (QED) is 0.564. The first-order chi connectivity index (χ1) is 15.9. The van der Waals surface area contributed by atoms with Crippen molar-refractivity contribution in [3.8, 4) is 5.75 Å². The molecule has 1 aliphatic carbocycles. The number of nitrogens with zero attached hydrogens (tertiary/aromatic N) is 1. The Morgan fingerprint density at radius 1 is 1.15 bits per heavy atom. The number of anilines is 2. The number of pyridine rings is 1. The number of para-hydroxylation sites is 1. The van der Waals surface area contributed by atoms with Gasteiger partial charge in [-0.05, 0) is 59.9 Å². The molecule has 1 saturated carbocycles. The van der Waals surface area contributed by atoms with Crippen molar-refractivity contribution in [2.24, 2.45) is 0 Å². The van der Waals surface area contributed by atoms with Gasteiger partial charge in [0.1, 0.15) is 10.6 Å². The van der Waals surface area contributed by atoms with E-state index in [1.807, 2.05) is 19.1 Å². The van der Waals surface area contributed by atoms with Crippen molar-refractivity contribution in [3.05, 3.63) is 77.6 Å². The molecule has 7 nitrogen and oxygen atoms in total. The van der Waals surface area contributed by atoms with Gasteiger partial charge in [-0.3, -0.25) is 14.5 Å². The number of sulfonamides is 1. The predicted molar refractivity (Wildman–Crippen MR) is 126 cm³/mol. The van der Waals surface area contributed by atoms with Gasteiger partial charge in [0, 0.05) is 29.7 Å². The topological polar surface area (TPSA) is 97.4 Å². The molecule has 1 amide bonds. The van der Waals surface area contributed by atoms with E-state index in [2.05, 4.69) is 15.0 Å². The summed E-state index contributed by atoms with van der Waals surface area (Å²) in [6.07, 6.45) is 5.99. The second-order valence-electron chi connectivity index (χ2n) is 8.64. The number of amides is 1. The minimum absolute atomic E-state index is 0.00637. The van der Waals surface area contributed by atoms with Gasteiger partial charge in [-0.2, -0.15) is 0 Å². The zero-order valence-electron chi connectivity index (χ0n) is 18.5. The Bertz CT molecular complexity index is 1340. The minimum atomic E-state index is -3.91. The van der Waals surface area contributed by atoms with E-state index in [1.165, 1.54) is 13.2 Å². The molecule has 1 aromatic heterocycles. The van der Waals surface area contributed by atoms with Crippen molar-refractivity contribution in [3.63, 3.8) is 0 Å². The van der Waals surface area contributed by atoms with Crippen LogP contribution in [0.25, 0.3) is 0 Å². The predicted octanol–water partition coefficient (Wildman–Crippen LogP) is 4.42. The lowest BCUT2D eigenvalue weighted by molar-refractivity contribution is -0.123. The molecule has 33 heavy (non-hydrogen) atoms. The van der Waals surface area contributed by atoms with Gasteiger partial charge in [0.05, 0.1) is 12.5 Å². The normalized spacial score (nSPS) is 17.1. The number of rotatable bonds is 6. The molecule has 1 spiro atoms. The molecule has 1 atom stereocenters. The van der Waals surface area contributed by atoms with E-state index >= 15 is 0 Å². The number of benzene rings is 2. The van der Waals surface area contributed by atoms with Crippen LogP contribution in [0.2, 0.25) is 0 Å². The number of methoxy groups -OCH3 is 1. The largest absolute Gasteiger partial charge is 0.495 e. The summed E-state index contributed by atoms with van der Waals surface area (Å²) in [5.41, 5.74) is 3.34. The van der Waals surface area contributed by atoms with Crippen molar-refractivity contribution < 1.29 is 17.9 Å². The fourth-order valence-corrected chi connectivity index (χ4v) is 6.04. The Labute approximate surface area is 193 Å². The Kier molecular flexibility index (Phi) is 5.12. The molecule has 3 aromatic rings. The van der Waals surface area contributed by atoms with Crippen molar-refractivity contribution >= 4 is 27.3 Å². The number of hydrogen-bond donors (Lipinski definition) is 2. The number of hydrogen-bond acceptors (Lipinski definition) is 5. The van der Waals surface area contributed by atoms with Crippen LogP contribution < -0.4 is 14.8 Å². The average molecular weight is 464 g/mol. The SMILES string of the molecule is COc1ccccc1S(=O)(=O)Nc1cc(C(C)c2cccnc2)c2c(c1)C1(CCC1)C(=O)N2. The molecule has 0 radical (unpaired) electrons. The van der Waals surface area contributed by atoms with E-state index in [0.717, 1.165) is 41.6 Å². The molecule has 5 rings (SSSR count). The molecular formula is C25H25N3O4S. The summed E-state index contributed by atoms with van der Waals surface area (Å²) in [7, 11) is -2.47. The van der Waals surface area contributed by atoms with Crippen molar-refractivity contribution in [1.29, 1.82) is 0 Å². The third kappa shape index (κ3) is 3.45. The van der Waals surface area contributed by atoms with E-state index in [0.29, 0.717) is 5.69 Å². The Balaban J connectivity index is 1.63. The molecule has 2 heterocycles. The lowest BCUT2D eigenvalue weighted by Gasteiger charge is -2.36. The van der Waals surface area contributed by atoms with Crippen LogP contribution in [0.15, 0.2) is 65.8 Å². The monoisotopic (exact) mass is 463 g/mol. The maximum atomic E-state index is 13.3. The van der Waals surface area contributed by atoms with Gasteiger partial charge in [0.15, 0.2) is 0 Å². The molecule has 8 heteroatoms. The number of carbonyl (C=O) groups excluding carboxylic acids is 1. The van der Waals surface area contributed by atoms with Crippen LogP contribution in [0.5, 0.6) is 5.75 Å². The van der Waals surface area contributed by atoms with Gasteiger partial charge in [-0.15, -0.1) is 0 Å². The second-order valence-corrected chi connectivity index (χ2v) is 10.3. The lowest BCUT2D eigenvalue weighted by atomic mass is 9.65. The molecule has 170 valence electrons. The highest BCUT2D eigenvalue weighted by atomic mass is 32.2. The first-order valence-corrected chi connectivity index (χ1v) is 12.4. The Morgan fingerprint density at radius 3 is 2.61 bits per heavy atom. The van der Waals surface area contributed by atoms with Gasteiger partial charge >= 0.3 is 0 Å². The standard InChI is InChI=1S/C25H25N3O4S/c1-16(17-7-5-12-26-15-17)19-13-18(14-20-23(19)27-24(29)25(20)10-6-11-25)28-33(30,31)22-9-4-3-8-21(22)32-2/h3-5,7-9,12-16,28H,6,10-11H2,1-2H3,(H,27,29). The summed E-state index contributed by atoms with van der Waals surface area (Å²) in [4.78, 5) is 17.3. The first kappa shape index (κ1) is 21.5. The summed E-state index contributed by atoms with van der Waals surface area (Å²) in [5, 5.41) is 3.09. The van der Waals surface area contributed by atoms with Crippen LogP contribution in [-0.2, 0) is 20.2 Å². The van der Waals surface area contributed by atoms with E-state index in [1.54, 1.807) is 42.7 Å². The molecular weight excluding hydrogens is 438 g/mol. The highest BCUT2D eigenvalue weighted by Crippen LogP contribution is 2.54. The molecule has 2 aliphatic rings. The molecule has 2 aromatic carbocycles. The van der Waals surface area contributed by atoms with Crippen LogP contribution in [0.4, 0.5) is 11.4 Å². The van der Waals surface area contributed by atoms with E-state index in [9.17, 15) is 13.2 Å². The second kappa shape index (κ2) is 7.88. The highest BCUT2D eigenvalue weighted by molar-refractivity contribution is 7.92. The van der Waals surface area contributed by atoms with E-state index in [-0.39, 0.29) is 22.5 Å². The summed E-state index contributed by atoms with van der Waals surface area (Å²) in [6, 6.07) is 13.9. The maximum Gasteiger partial charge on any atom is 0.265 e. The van der Waals surface area contributed by atoms with Crippen LogP contribution in [0.1, 0.15) is 48.8 Å². The lowest BCUT2D eigenvalue weighted by Crippen LogP contribution is -2.40. The Morgan fingerprint density at radius 2 is 1.94 bits per heavy atom. The van der Waals surface area contributed by atoms with Crippen molar-refractivity contribution in [2.75, 3.05) is 17.1 Å². The van der Waals surface area contributed by atoms with Gasteiger partial charge in [0.2, 0.25) is 5.91 Å². The van der Waals surface area contributed by atoms with Crippen LogP contribution in [-0.4, -0.2) is 26.4 Å². The van der Waals surface area contributed by atoms with Gasteiger partial charge in [-0.1, -0.05) is 31.5 Å². The summed E-state index contributed by atoms with van der Waals surface area (Å²) in [6.45, 7) is 2.03. The molecule has 1 fully saturated rings. The highest BCUT2D eigenvalue weighted by Gasteiger charge is 2.52. The fourth-order valence-electron chi connectivity index (χ4n) is 4.83. The smallest absolute Gasteiger partial charge is 0.265 e. The summed E-state index contributed by atoms with van der Waals surface area (Å²) in [5.74, 6) is 0.161. The Hall–Kier alpha value is -3.39. The third-order valence-corrected chi connectivity index (χ3v) is 8.25. The number of fused-ring (bicyclic) bond motifs is 2. The summed E-state index contributed by atoms with van der Waals surface area (Å²) >= 11 is 0. The number of nitrogens with one attached hydrogen (secondary N) is 2. The van der Waals surface area contributed by atoms with E-state index < -0.39 is 15.4 Å². The molecule has 1 aliphatic heterocycles. The van der Waals surface area contributed by atoms with Crippen molar-refractivity contribution in [2.45, 2.75) is 42.4 Å². The average Bonchev–Trinajstić information content (AvgIpc) is 3.10. The molecule has 1 unspecified atom stereocenters. The van der Waals surface area contributed by atoms with Gasteiger partial charge in [0.25, 0.3) is 10.0 Å². The molecule has 0 bridgehead atoms. The number of aromatic nitrogens is 1. The zero-order valence-corrected chi connectivity index (χ0v) is 19.3. The van der Waals surface area contributed by atoms with Crippen LogP contribution >= 0.6 is 0 Å². The maximum absolute atomic E-state index is 13.3. The molecule has 2 N–H and O–H groups in total. The fraction of sp³-hybridized carbons (Fsp3) is 0.280. The summed E-state index contributed by atoms with van der Waals surface area (Å²) < 4.78 is 34.5. The van der Waals surface area contributed by atoms with Crippen LogP contribution in [0.3, 0.4) is 0 Å². The van der Waals surface area contributed by atoms with Crippen molar-refractivity contribution in [1.82, 2.24) is 4.98 Å². The van der Waals surface area contributed by atoms with Gasteiger partial charge < -0.3 is 10.1 Å². The number of ether oxygens (including phenoxy) is 1. The third-order valence-electron chi connectivity index (χ3n) is 6.83. The zero-order chi connectivity index (χ0) is 23.2. The molecule has 0 saturated heterocycles.